The molecule has 2 aromatic rings. The molecule has 0 spiro atoms. The Morgan fingerprint density at radius 2 is 1.67 bits per heavy atom. The van der Waals surface area contributed by atoms with Crippen molar-refractivity contribution in [3.8, 4) is 0 Å². The first-order valence-corrected chi connectivity index (χ1v) is 20.1. The lowest BCUT2D eigenvalue weighted by Crippen LogP contribution is -2.56. The number of aliphatic hydroxyl groups excluding tert-OH is 2. The lowest BCUT2D eigenvalue weighted by atomic mass is 9.82. The van der Waals surface area contributed by atoms with Crippen molar-refractivity contribution >= 4 is 27.6 Å². The Bertz CT molecular complexity index is 1540. The van der Waals surface area contributed by atoms with Gasteiger partial charge in [0.1, 0.15) is 16.9 Å². The fourth-order valence-corrected chi connectivity index (χ4v) is 8.97. The number of sulfone groups is 1. The first-order valence-electron chi connectivity index (χ1n) is 18.4. The third-order valence-corrected chi connectivity index (χ3v) is 13.4. The summed E-state index contributed by atoms with van der Waals surface area (Å²) in [5, 5.41) is 32.2. The zero-order valence-corrected chi connectivity index (χ0v) is 30.7. The number of aliphatic hydroxyl groups is 2. The highest BCUT2D eigenvalue weighted by molar-refractivity contribution is 7.93. The van der Waals surface area contributed by atoms with E-state index < -0.39 is 68.3 Å². The molecule has 2 heterocycles. The van der Waals surface area contributed by atoms with E-state index in [1.807, 2.05) is 0 Å². The summed E-state index contributed by atoms with van der Waals surface area (Å²) < 4.78 is 33.1. The number of morpholine rings is 1. The van der Waals surface area contributed by atoms with Crippen LogP contribution in [-0.4, -0.2) is 112 Å². The Labute approximate surface area is 301 Å². The second-order valence-corrected chi connectivity index (χ2v) is 17.6. The van der Waals surface area contributed by atoms with Crippen LogP contribution < -0.4 is 10.6 Å². The molecule has 0 bridgehead atoms. The summed E-state index contributed by atoms with van der Waals surface area (Å²) in [6, 6.07) is 8.71. The van der Waals surface area contributed by atoms with Crippen LogP contribution in [-0.2, 0) is 35.5 Å². The average Bonchev–Trinajstić information content (AvgIpc) is 3.86. The summed E-state index contributed by atoms with van der Waals surface area (Å²) in [4.78, 5) is 42.8. The number of ether oxygens (including phenoxy) is 1. The van der Waals surface area contributed by atoms with Gasteiger partial charge in [-0.05, 0) is 56.6 Å². The van der Waals surface area contributed by atoms with Gasteiger partial charge in [0.2, 0.25) is 17.7 Å². The van der Waals surface area contributed by atoms with Crippen molar-refractivity contribution < 1.29 is 37.8 Å². The van der Waals surface area contributed by atoms with Crippen molar-refractivity contribution in [2.75, 3.05) is 32.1 Å². The van der Waals surface area contributed by atoms with Crippen LogP contribution in [0.2, 0.25) is 0 Å². The van der Waals surface area contributed by atoms with Gasteiger partial charge in [0, 0.05) is 37.8 Å². The van der Waals surface area contributed by atoms with Gasteiger partial charge in [0.15, 0.2) is 9.84 Å². The molecule has 4 N–H and O–H groups in total. The summed E-state index contributed by atoms with van der Waals surface area (Å²) in [6.45, 7) is 4.10. The first-order chi connectivity index (χ1) is 24.4. The van der Waals surface area contributed by atoms with E-state index >= 15 is 0 Å². The molecule has 1 aromatic heterocycles. The quantitative estimate of drug-likeness (QED) is 0.190. The van der Waals surface area contributed by atoms with E-state index in [4.69, 9.17) is 4.74 Å². The molecule has 14 heteroatoms. The van der Waals surface area contributed by atoms with Crippen LogP contribution in [0.1, 0.15) is 83.1 Å². The molecule has 3 amide bonds. The van der Waals surface area contributed by atoms with Crippen molar-refractivity contribution in [2.45, 2.75) is 113 Å². The number of nitrogens with one attached hydrogen (secondary N) is 2. The molecule has 1 aliphatic heterocycles. The van der Waals surface area contributed by atoms with Gasteiger partial charge in [-0.2, -0.15) is 5.10 Å². The molecular formula is C37H55N5O8S. The van der Waals surface area contributed by atoms with Gasteiger partial charge in [-0.15, -0.1) is 0 Å². The van der Waals surface area contributed by atoms with Crippen LogP contribution in [0.15, 0.2) is 48.8 Å². The topological polar surface area (TPSA) is 180 Å². The van der Waals surface area contributed by atoms with Crippen molar-refractivity contribution in [3.63, 3.8) is 0 Å². The van der Waals surface area contributed by atoms with E-state index in [0.717, 1.165) is 44.9 Å². The SMILES string of the molecule is CC(C)(C(=O)N1CCOCC1)S(=O)(=O)CC(CC(=O)NC(Cn1cccn1)C(=O)N[C@@H](CC1CCCCC1)[C@@H](O)[C@@H](O)C1CC1)c1ccccc1. The van der Waals surface area contributed by atoms with Crippen LogP contribution in [0.25, 0.3) is 0 Å². The predicted octanol–water partition coefficient (Wildman–Crippen LogP) is 2.18. The maximum atomic E-state index is 14.0. The normalized spacial score (nSPS) is 20.5. The minimum Gasteiger partial charge on any atom is -0.390 e. The molecule has 3 fully saturated rings. The summed E-state index contributed by atoms with van der Waals surface area (Å²) in [5.41, 5.74) is 0.614. The monoisotopic (exact) mass is 729 g/mol. The van der Waals surface area contributed by atoms with Crippen LogP contribution in [0.4, 0.5) is 0 Å². The summed E-state index contributed by atoms with van der Waals surface area (Å²) in [6.07, 6.45) is 8.36. The molecule has 1 saturated heterocycles. The molecule has 51 heavy (non-hydrogen) atoms. The number of carbonyl (C=O) groups excluding carboxylic acids is 3. The van der Waals surface area contributed by atoms with Gasteiger partial charge >= 0.3 is 0 Å². The molecule has 5 atom stereocenters. The van der Waals surface area contributed by atoms with Crippen LogP contribution in [0.5, 0.6) is 0 Å². The van der Waals surface area contributed by atoms with Gasteiger partial charge in [0.25, 0.3) is 0 Å². The van der Waals surface area contributed by atoms with Crippen LogP contribution in [0, 0.1) is 11.8 Å². The molecule has 1 aromatic carbocycles. The fraction of sp³-hybridized carbons (Fsp3) is 0.676. The van der Waals surface area contributed by atoms with Gasteiger partial charge in [-0.1, -0.05) is 62.4 Å². The number of carbonyl (C=O) groups is 3. The standard InChI is InChI=1S/C37H55N5O8S/c1-37(2,36(47)41-18-20-50-21-19-41)51(48,49)25-29(27-12-7-4-8-13-27)23-32(43)39-31(24-42-17-9-16-38-42)35(46)40-30(22-26-10-5-3-6-11-26)34(45)33(44)28-14-15-28/h4,7-9,12-13,16-17,26,28-31,33-34,44-45H,3,5-6,10-11,14-15,18-25H2,1-2H3,(H,39,43)(H,40,46)/t29?,30-,31?,33-,34+/m0/s1. The Balaban J connectivity index is 1.33. The minimum atomic E-state index is -4.09. The number of hydrogen-bond acceptors (Lipinski definition) is 9. The van der Waals surface area contributed by atoms with Gasteiger partial charge < -0.3 is 30.5 Å². The van der Waals surface area contributed by atoms with Gasteiger partial charge in [-0.3, -0.25) is 19.1 Å². The van der Waals surface area contributed by atoms with E-state index in [0.29, 0.717) is 44.2 Å². The molecule has 3 aliphatic rings. The smallest absolute Gasteiger partial charge is 0.244 e. The molecule has 5 rings (SSSR count). The summed E-state index contributed by atoms with van der Waals surface area (Å²) >= 11 is 0. The molecule has 13 nitrogen and oxygen atoms in total. The maximum Gasteiger partial charge on any atom is 0.244 e. The lowest BCUT2D eigenvalue weighted by molar-refractivity contribution is -0.137. The second kappa shape index (κ2) is 17.5. The van der Waals surface area contributed by atoms with Crippen molar-refractivity contribution in [2.24, 2.45) is 11.8 Å². The van der Waals surface area contributed by atoms with Gasteiger partial charge in [-0.25, -0.2) is 8.42 Å². The highest BCUT2D eigenvalue weighted by Gasteiger charge is 2.46. The van der Waals surface area contributed by atoms with Gasteiger partial charge in [0.05, 0.1) is 37.7 Å². The Morgan fingerprint density at radius 1 is 0.980 bits per heavy atom. The van der Waals surface area contributed by atoms with Crippen LogP contribution in [0.3, 0.4) is 0 Å². The zero-order chi connectivity index (χ0) is 36.6. The molecule has 2 saturated carbocycles. The minimum absolute atomic E-state index is 0.00260. The Morgan fingerprint density at radius 3 is 2.29 bits per heavy atom. The van der Waals surface area contributed by atoms with E-state index in [1.165, 1.54) is 23.4 Å². The molecule has 282 valence electrons. The first kappa shape index (κ1) is 38.9. The number of nitrogens with zero attached hydrogens (tertiary/aromatic N) is 3. The number of rotatable bonds is 17. The van der Waals surface area contributed by atoms with Crippen molar-refractivity contribution in [3.05, 3.63) is 54.4 Å². The van der Waals surface area contributed by atoms with Crippen molar-refractivity contribution in [1.82, 2.24) is 25.3 Å². The van der Waals surface area contributed by atoms with Crippen molar-refractivity contribution in [1.29, 1.82) is 0 Å². The second-order valence-electron chi connectivity index (χ2n) is 15.0. The maximum absolute atomic E-state index is 14.0. The largest absolute Gasteiger partial charge is 0.390 e. The summed E-state index contributed by atoms with van der Waals surface area (Å²) in [5.74, 6) is -2.54. The zero-order valence-electron chi connectivity index (χ0n) is 29.9. The summed E-state index contributed by atoms with van der Waals surface area (Å²) in [7, 11) is -4.09. The third kappa shape index (κ3) is 10.4. The molecular weight excluding hydrogens is 675 g/mol. The lowest BCUT2D eigenvalue weighted by Gasteiger charge is -2.34. The molecule has 2 unspecified atom stereocenters. The Hall–Kier alpha value is -3.33. The van der Waals surface area contributed by atoms with Crippen LogP contribution >= 0.6 is 0 Å². The highest BCUT2D eigenvalue weighted by atomic mass is 32.2. The van der Waals surface area contributed by atoms with E-state index in [1.54, 1.807) is 48.8 Å². The number of amides is 3. The number of benzene rings is 1. The number of hydrogen-bond donors (Lipinski definition) is 4. The predicted molar refractivity (Wildman–Crippen MR) is 191 cm³/mol. The molecule has 0 radical (unpaired) electrons. The van der Waals surface area contributed by atoms with E-state index in [-0.39, 0.29) is 18.9 Å². The van der Waals surface area contributed by atoms with E-state index in [2.05, 4.69) is 15.7 Å². The third-order valence-electron chi connectivity index (χ3n) is 10.8. The fourth-order valence-electron chi connectivity index (χ4n) is 7.32. The average molecular weight is 730 g/mol. The Kier molecular flexibility index (Phi) is 13.3. The highest BCUT2D eigenvalue weighted by Crippen LogP contribution is 2.36. The van der Waals surface area contributed by atoms with E-state index in [9.17, 15) is 33.0 Å². The molecule has 2 aliphatic carbocycles. The number of aromatic nitrogens is 2.